The van der Waals surface area contributed by atoms with Crippen LogP contribution >= 0.6 is 0 Å². The monoisotopic (exact) mass is 466 g/mol. The van der Waals surface area contributed by atoms with E-state index in [9.17, 15) is 8.42 Å². The van der Waals surface area contributed by atoms with Crippen LogP contribution in [0.3, 0.4) is 0 Å². The third kappa shape index (κ3) is 5.62. The van der Waals surface area contributed by atoms with E-state index in [2.05, 4.69) is 39.6 Å². The zero-order valence-electron chi connectivity index (χ0n) is 19.1. The standard InChI is InChI=1S/C26H34N4O2S/c27-14-4-17-28-15-1-2-16-29-18-5-19-30-33(31,32)24-13-11-22-9-8-20-6-3-7-21-10-12-23(24)26(22)25(20)21/h3,6-13,28-30H,1-2,4-5,14-19,27H2. The predicted octanol–water partition coefficient (Wildman–Crippen LogP) is 3.56. The Morgan fingerprint density at radius 2 is 1.21 bits per heavy atom. The molecular weight excluding hydrogens is 432 g/mol. The summed E-state index contributed by atoms with van der Waals surface area (Å²) in [7, 11) is -3.59. The number of unbranched alkanes of at least 4 members (excludes halogenated alkanes) is 1. The highest BCUT2D eigenvalue weighted by Gasteiger charge is 2.19. The zero-order valence-corrected chi connectivity index (χ0v) is 19.9. The SMILES string of the molecule is NCCCNCCCCNCCCNS(=O)(=O)c1ccc2ccc3cccc4ccc1c2c34. The number of sulfonamides is 1. The summed E-state index contributed by atoms with van der Waals surface area (Å²) in [4.78, 5) is 0.350. The Bertz CT molecular complexity index is 1270. The fourth-order valence-corrected chi connectivity index (χ4v) is 5.69. The third-order valence-electron chi connectivity index (χ3n) is 6.12. The molecule has 0 aliphatic carbocycles. The van der Waals surface area contributed by atoms with Crippen molar-refractivity contribution in [1.82, 2.24) is 15.4 Å². The van der Waals surface area contributed by atoms with Gasteiger partial charge in [-0.1, -0.05) is 48.5 Å². The van der Waals surface area contributed by atoms with E-state index in [1.54, 1.807) is 6.07 Å². The van der Waals surface area contributed by atoms with Gasteiger partial charge in [-0.2, -0.15) is 0 Å². The van der Waals surface area contributed by atoms with Gasteiger partial charge in [-0.25, -0.2) is 13.1 Å². The molecule has 0 aromatic heterocycles. The van der Waals surface area contributed by atoms with Gasteiger partial charge in [0, 0.05) is 11.9 Å². The van der Waals surface area contributed by atoms with Gasteiger partial charge in [-0.05, 0) is 91.4 Å². The Kier molecular flexibility index (Phi) is 8.11. The molecule has 0 atom stereocenters. The van der Waals surface area contributed by atoms with E-state index >= 15 is 0 Å². The molecule has 7 heteroatoms. The minimum atomic E-state index is -3.59. The summed E-state index contributed by atoms with van der Waals surface area (Å²) in [5, 5.41) is 13.0. The molecule has 0 saturated heterocycles. The van der Waals surface area contributed by atoms with E-state index in [1.165, 1.54) is 0 Å². The molecule has 0 amide bonds. The van der Waals surface area contributed by atoms with Crippen molar-refractivity contribution in [3.05, 3.63) is 54.6 Å². The first-order chi connectivity index (χ1) is 16.1. The Morgan fingerprint density at radius 1 is 0.636 bits per heavy atom. The lowest BCUT2D eigenvalue weighted by Crippen LogP contribution is -2.28. The lowest BCUT2D eigenvalue weighted by molar-refractivity contribution is 0.559. The van der Waals surface area contributed by atoms with E-state index in [0.29, 0.717) is 11.4 Å². The largest absolute Gasteiger partial charge is 0.330 e. The molecule has 0 bridgehead atoms. The Balaban J connectivity index is 1.31. The van der Waals surface area contributed by atoms with Crippen molar-refractivity contribution in [2.75, 3.05) is 39.3 Å². The molecule has 5 N–H and O–H groups in total. The summed E-state index contributed by atoms with van der Waals surface area (Å²) in [5.74, 6) is 0. The predicted molar refractivity (Wildman–Crippen MR) is 139 cm³/mol. The minimum Gasteiger partial charge on any atom is -0.330 e. The molecule has 0 saturated carbocycles. The Hall–Kier alpha value is -2.29. The number of nitrogens with two attached hydrogens (primary N) is 1. The van der Waals surface area contributed by atoms with Crippen molar-refractivity contribution >= 4 is 42.3 Å². The van der Waals surface area contributed by atoms with Gasteiger partial charge >= 0.3 is 0 Å². The smallest absolute Gasteiger partial charge is 0.241 e. The number of nitrogens with one attached hydrogen (secondary N) is 3. The Morgan fingerprint density at radius 3 is 1.91 bits per heavy atom. The van der Waals surface area contributed by atoms with Crippen LogP contribution in [0.15, 0.2) is 59.5 Å². The van der Waals surface area contributed by atoms with Gasteiger partial charge < -0.3 is 16.4 Å². The number of rotatable bonds is 14. The van der Waals surface area contributed by atoms with E-state index in [0.717, 1.165) is 90.7 Å². The van der Waals surface area contributed by atoms with Crippen LogP contribution in [0.25, 0.3) is 32.3 Å². The second-order valence-electron chi connectivity index (χ2n) is 8.52. The summed E-state index contributed by atoms with van der Waals surface area (Å²) >= 11 is 0. The van der Waals surface area contributed by atoms with E-state index in [4.69, 9.17) is 5.73 Å². The van der Waals surface area contributed by atoms with Gasteiger partial charge in [0.25, 0.3) is 0 Å². The highest BCUT2D eigenvalue weighted by Crippen LogP contribution is 2.37. The van der Waals surface area contributed by atoms with Crippen molar-refractivity contribution in [2.24, 2.45) is 5.73 Å². The van der Waals surface area contributed by atoms with Gasteiger partial charge in [-0.3, -0.25) is 0 Å². The van der Waals surface area contributed by atoms with Crippen LogP contribution in [0.4, 0.5) is 0 Å². The molecule has 0 radical (unpaired) electrons. The second kappa shape index (κ2) is 11.2. The minimum absolute atomic E-state index is 0.350. The van der Waals surface area contributed by atoms with Crippen molar-refractivity contribution in [1.29, 1.82) is 0 Å². The molecule has 6 nitrogen and oxygen atoms in total. The van der Waals surface area contributed by atoms with Crippen molar-refractivity contribution in [3.8, 4) is 0 Å². The average Bonchev–Trinajstić information content (AvgIpc) is 2.83. The summed E-state index contributed by atoms with van der Waals surface area (Å²) in [6.45, 7) is 4.88. The fourth-order valence-electron chi connectivity index (χ4n) is 4.42. The molecule has 0 heterocycles. The first kappa shape index (κ1) is 23.9. The molecule has 0 fully saturated rings. The molecule has 0 aliphatic heterocycles. The van der Waals surface area contributed by atoms with Gasteiger partial charge in [0.1, 0.15) is 0 Å². The molecule has 33 heavy (non-hydrogen) atoms. The molecule has 4 aromatic rings. The summed E-state index contributed by atoms with van der Waals surface area (Å²) in [5.41, 5.74) is 5.47. The van der Waals surface area contributed by atoms with Crippen molar-refractivity contribution in [3.63, 3.8) is 0 Å². The fraction of sp³-hybridized carbons (Fsp3) is 0.385. The zero-order chi connectivity index (χ0) is 23.1. The van der Waals surface area contributed by atoms with Crippen molar-refractivity contribution in [2.45, 2.75) is 30.6 Å². The molecule has 4 aromatic carbocycles. The first-order valence-electron chi connectivity index (χ1n) is 11.9. The summed E-state index contributed by atoms with van der Waals surface area (Å²) < 4.78 is 29.0. The highest BCUT2D eigenvalue weighted by molar-refractivity contribution is 7.89. The summed E-state index contributed by atoms with van der Waals surface area (Å²) in [6.07, 6.45) is 3.99. The molecule has 0 spiro atoms. The molecule has 176 valence electrons. The maximum atomic E-state index is 13.1. The number of benzene rings is 4. The van der Waals surface area contributed by atoms with Crippen molar-refractivity contribution < 1.29 is 8.42 Å². The highest BCUT2D eigenvalue weighted by atomic mass is 32.2. The quantitative estimate of drug-likeness (QED) is 0.168. The lowest BCUT2D eigenvalue weighted by atomic mass is 9.94. The maximum Gasteiger partial charge on any atom is 0.241 e. The van der Waals surface area contributed by atoms with Crippen LogP contribution in [0.5, 0.6) is 0 Å². The first-order valence-corrected chi connectivity index (χ1v) is 13.4. The number of hydrogen-bond acceptors (Lipinski definition) is 5. The van der Waals surface area contributed by atoms with Gasteiger partial charge in [0.05, 0.1) is 4.90 Å². The van der Waals surface area contributed by atoms with Crippen LogP contribution < -0.4 is 21.1 Å². The molecule has 0 unspecified atom stereocenters. The Labute approximate surface area is 196 Å². The van der Waals surface area contributed by atoms with Crippen LogP contribution in [-0.4, -0.2) is 47.7 Å². The number of hydrogen-bond donors (Lipinski definition) is 4. The van der Waals surface area contributed by atoms with Crippen LogP contribution in [0.2, 0.25) is 0 Å². The van der Waals surface area contributed by atoms with Gasteiger partial charge in [0.15, 0.2) is 0 Å². The summed E-state index contributed by atoms with van der Waals surface area (Å²) in [6, 6.07) is 17.9. The van der Waals surface area contributed by atoms with E-state index < -0.39 is 10.0 Å². The van der Waals surface area contributed by atoms with Crippen LogP contribution in [0, 0.1) is 0 Å². The van der Waals surface area contributed by atoms with E-state index in [1.807, 2.05) is 24.3 Å². The topological polar surface area (TPSA) is 96.2 Å². The molecule has 0 aliphatic rings. The van der Waals surface area contributed by atoms with Gasteiger partial charge in [-0.15, -0.1) is 0 Å². The second-order valence-corrected chi connectivity index (χ2v) is 10.3. The average molecular weight is 467 g/mol. The lowest BCUT2D eigenvalue weighted by Gasteiger charge is -2.14. The maximum absolute atomic E-state index is 13.1. The van der Waals surface area contributed by atoms with Gasteiger partial charge in [0.2, 0.25) is 10.0 Å². The molecule has 4 rings (SSSR count). The van der Waals surface area contributed by atoms with Crippen LogP contribution in [0.1, 0.15) is 25.7 Å². The van der Waals surface area contributed by atoms with Crippen LogP contribution in [-0.2, 0) is 10.0 Å². The molecular formula is C26H34N4O2S. The third-order valence-corrected chi connectivity index (χ3v) is 7.63. The normalized spacial score (nSPS) is 12.4. The van der Waals surface area contributed by atoms with E-state index in [-0.39, 0.29) is 0 Å².